The predicted octanol–water partition coefficient (Wildman–Crippen LogP) is 6.88. The molecule has 0 fully saturated rings. The van der Waals surface area contributed by atoms with Crippen molar-refractivity contribution in [2.24, 2.45) is 0 Å². The Balaban J connectivity index is 1.85. The molecule has 0 amide bonds. The molecule has 1 heterocycles. The first kappa shape index (κ1) is 15.4. The second kappa shape index (κ2) is 7.16. The van der Waals surface area contributed by atoms with Crippen molar-refractivity contribution < 1.29 is 0 Å². The van der Waals surface area contributed by atoms with Crippen LogP contribution in [-0.4, -0.2) is 0 Å². The van der Waals surface area contributed by atoms with E-state index in [4.69, 9.17) is 0 Å². The molecular formula is C22H16S2. The van der Waals surface area contributed by atoms with E-state index in [1.54, 1.807) is 0 Å². The second-order valence-corrected chi connectivity index (χ2v) is 7.73. The van der Waals surface area contributed by atoms with Crippen molar-refractivity contribution in [2.75, 3.05) is 0 Å². The summed E-state index contributed by atoms with van der Waals surface area (Å²) in [7, 11) is 3.69. The Morgan fingerprint density at radius 3 is 1.58 bits per heavy atom. The molecule has 0 aromatic heterocycles. The highest BCUT2D eigenvalue weighted by Crippen LogP contribution is 2.52. The van der Waals surface area contributed by atoms with Crippen molar-refractivity contribution in [1.29, 1.82) is 0 Å². The molecule has 0 nitrogen and oxygen atoms in total. The van der Waals surface area contributed by atoms with Crippen molar-refractivity contribution >= 4 is 32.1 Å². The lowest BCUT2D eigenvalue weighted by Crippen LogP contribution is -1.89. The number of hydrogen-bond acceptors (Lipinski definition) is 2. The molecule has 0 N–H and O–H groups in total. The van der Waals surface area contributed by atoms with E-state index in [9.17, 15) is 0 Å². The molecule has 0 radical (unpaired) electrons. The average Bonchev–Trinajstić information content (AvgIpc) is 3.14. The lowest BCUT2D eigenvalue weighted by molar-refractivity contribution is 1.54. The Morgan fingerprint density at radius 1 is 0.542 bits per heavy atom. The summed E-state index contributed by atoms with van der Waals surface area (Å²) in [4.78, 5) is 2.64. The summed E-state index contributed by atoms with van der Waals surface area (Å²) >= 11 is 0. The molecule has 0 saturated carbocycles. The molecule has 1 aliphatic heterocycles. The topological polar surface area (TPSA) is 0 Å². The van der Waals surface area contributed by atoms with E-state index in [0.717, 1.165) is 0 Å². The number of benzene rings is 3. The number of rotatable bonds is 3. The summed E-state index contributed by atoms with van der Waals surface area (Å²) in [6, 6.07) is 31.9. The van der Waals surface area contributed by atoms with Crippen LogP contribution in [0.1, 0.15) is 16.7 Å². The van der Waals surface area contributed by atoms with Gasteiger partial charge in [0.1, 0.15) is 0 Å². The third kappa shape index (κ3) is 3.21. The Bertz CT molecular complexity index is 838. The van der Waals surface area contributed by atoms with E-state index in [-0.39, 0.29) is 0 Å². The number of hydrogen-bond donors (Lipinski definition) is 0. The van der Waals surface area contributed by atoms with E-state index in [1.807, 2.05) is 21.6 Å². The molecule has 0 atom stereocenters. The summed E-state index contributed by atoms with van der Waals surface area (Å²) in [5.74, 6) is 0. The Labute approximate surface area is 150 Å². The van der Waals surface area contributed by atoms with Crippen molar-refractivity contribution in [2.45, 2.75) is 0 Å². The van der Waals surface area contributed by atoms with Crippen molar-refractivity contribution in [3.63, 3.8) is 0 Å². The summed E-state index contributed by atoms with van der Waals surface area (Å²) in [5.41, 5.74) is 5.11. The van der Waals surface area contributed by atoms with Crippen LogP contribution in [0.3, 0.4) is 0 Å². The molecule has 0 saturated heterocycles. The summed E-state index contributed by atoms with van der Waals surface area (Å²) in [6.07, 6.45) is 2.32. The summed E-state index contributed by atoms with van der Waals surface area (Å²) < 4.78 is 0. The molecule has 0 unspecified atom stereocenters. The molecule has 2 heteroatoms. The van der Waals surface area contributed by atoms with Crippen LogP contribution in [0, 0.1) is 0 Å². The molecule has 0 aliphatic carbocycles. The third-order valence-electron chi connectivity index (χ3n) is 3.91. The van der Waals surface area contributed by atoms with E-state index >= 15 is 0 Å². The molecule has 1 aliphatic rings. The van der Waals surface area contributed by atoms with Gasteiger partial charge >= 0.3 is 0 Å². The van der Waals surface area contributed by atoms with Crippen molar-refractivity contribution in [3.8, 4) is 0 Å². The third-order valence-corrected chi connectivity index (χ3v) is 6.36. The Hall–Kier alpha value is -2.16. The van der Waals surface area contributed by atoms with Crippen LogP contribution in [0.15, 0.2) is 102 Å². The van der Waals surface area contributed by atoms with Crippen molar-refractivity contribution in [1.82, 2.24) is 0 Å². The van der Waals surface area contributed by atoms with E-state index in [1.165, 1.54) is 32.1 Å². The van der Waals surface area contributed by atoms with E-state index < -0.39 is 0 Å². The SMILES string of the molecule is C1=C(c2ccccc2)SSC1=C(c1ccccc1)c1ccccc1. The first-order valence-corrected chi connectivity index (χ1v) is 10.0. The zero-order valence-electron chi connectivity index (χ0n) is 13.1. The molecule has 24 heavy (non-hydrogen) atoms. The molecule has 0 spiro atoms. The maximum atomic E-state index is 2.32. The summed E-state index contributed by atoms with van der Waals surface area (Å²) in [5, 5.41) is 0. The minimum absolute atomic E-state index is 1.26. The number of allylic oxidation sites excluding steroid dienone is 1. The van der Waals surface area contributed by atoms with Gasteiger partial charge < -0.3 is 0 Å². The van der Waals surface area contributed by atoms with Crippen LogP contribution in [0.5, 0.6) is 0 Å². The quantitative estimate of drug-likeness (QED) is 0.475. The fourth-order valence-electron chi connectivity index (χ4n) is 2.77. The first-order valence-electron chi connectivity index (χ1n) is 7.88. The minimum Gasteiger partial charge on any atom is -0.0622 e. The lowest BCUT2D eigenvalue weighted by atomic mass is 9.97. The van der Waals surface area contributed by atoms with Gasteiger partial charge in [0.05, 0.1) is 0 Å². The van der Waals surface area contributed by atoms with Gasteiger partial charge in [-0.15, -0.1) is 0 Å². The molecule has 3 aromatic rings. The summed E-state index contributed by atoms with van der Waals surface area (Å²) in [6.45, 7) is 0. The van der Waals surface area contributed by atoms with Crippen LogP contribution < -0.4 is 0 Å². The molecule has 4 rings (SSSR count). The van der Waals surface area contributed by atoms with Crippen LogP contribution >= 0.6 is 21.6 Å². The first-order chi connectivity index (χ1) is 11.9. The fourth-order valence-corrected chi connectivity index (χ4v) is 5.27. The van der Waals surface area contributed by atoms with Crippen molar-refractivity contribution in [3.05, 3.63) is 119 Å². The maximum absolute atomic E-state index is 2.32. The normalized spacial score (nSPS) is 13.7. The average molecular weight is 345 g/mol. The zero-order chi connectivity index (χ0) is 16.2. The molecule has 116 valence electrons. The van der Waals surface area contributed by atoms with Gasteiger partial charge in [0.25, 0.3) is 0 Å². The van der Waals surface area contributed by atoms with Gasteiger partial charge in [-0.1, -0.05) is 113 Å². The van der Waals surface area contributed by atoms with Gasteiger partial charge in [0.15, 0.2) is 0 Å². The van der Waals surface area contributed by atoms with Crippen LogP contribution in [0.4, 0.5) is 0 Å². The van der Waals surface area contributed by atoms with Crippen LogP contribution in [0.25, 0.3) is 10.5 Å². The van der Waals surface area contributed by atoms with Gasteiger partial charge in [-0.2, -0.15) is 0 Å². The van der Waals surface area contributed by atoms with E-state index in [0.29, 0.717) is 0 Å². The van der Waals surface area contributed by atoms with Gasteiger partial charge in [0, 0.05) is 15.4 Å². The highest BCUT2D eigenvalue weighted by molar-refractivity contribution is 8.82. The second-order valence-electron chi connectivity index (χ2n) is 5.51. The highest BCUT2D eigenvalue weighted by atomic mass is 33.1. The van der Waals surface area contributed by atoms with Gasteiger partial charge in [-0.3, -0.25) is 0 Å². The standard InChI is InChI=1S/C22H16S2/c1-4-10-17(11-5-1)20-16-21(24-23-20)22(18-12-6-2-7-13-18)19-14-8-3-9-15-19/h1-16H. The predicted molar refractivity (Wildman–Crippen MR) is 109 cm³/mol. The monoisotopic (exact) mass is 344 g/mol. The minimum atomic E-state index is 1.26. The Morgan fingerprint density at radius 2 is 1.04 bits per heavy atom. The smallest absolute Gasteiger partial charge is 0.0282 e. The lowest BCUT2D eigenvalue weighted by Gasteiger charge is -2.10. The Kier molecular flexibility index (Phi) is 4.59. The van der Waals surface area contributed by atoms with E-state index in [2.05, 4.69) is 97.1 Å². The maximum Gasteiger partial charge on any atom is 0.0282 e. The largest absolute Gasteiger partial charge is 0.0622 e. The molecule has 0 bridgehead atoms. The molecule has 3 aromatic carbocycles. The van der Waals surface area contributed by atoms with Gasteiger partial charge in [-0.25, -0.2) is 0 Å². The van der Waals surface area contributed by atoms with Crippen LogP contribution in [0.2, 0.25) is 0 Å². The zero-order valence-corrected chi connectivity index (χ0v) is 14.7. The van der Waals surface area contributed by atoms with Gasteiger partial charge in [-0.05, 0) is 22.8 Å². The fraction of sp³-hybridized carbons (Fsp3) is 0. The molecular weight excluding hydrogens is 328 g/mol. The highest BCUT2D eigenvalue weighted by Gasteiger charge is 2.18. The van der Waals surface area contributed by atoms with Gasteiger partial charge in [0.2, 0.25) is 0 Å². The van der Waals surface area contributed by atoms with Crippen LogP contribution in [-0.2, 0) is 0 Å².